The minimum absolute atomic E-state index is 0.470. The van der Waals surface area contributed by atoms with Gasteiger partial charge in [-0.2, -0.15) is 0 Å². The lowest BCUT2D eigenvalue weighted by Crippen LogP contribution is -2.36. The number of halogens is 1. The van der Waals surface area contributed by atoms with Crippen molar-refractivity contribution < 1.29 is 0 Å². The van der Waals surface area contributed by atoms with Crippen LogP contribution in [0, 0.1) is 0 Å². The largest absolute Gasteiger partial charge is 0.310 e. The quantitative estimate of drug-likeness (QED) is 0.247. The van der Waals surface area contributed by atoms with Crippen molar-refractivity contribution in [1.29, 1.82) is 0 Å². The molecule has 0 fully saturated rings. The van der Waals surface area contributed by atoms with Crippen LogP contribution in [0.5, 0.6) is 0 Å². The molecule has 0 amide bonds. The van der Waals surface area contributed by atoms with Gasteiger partial charge in [0.15, 0.2) is 0 Å². The summed E-state index contributed by atoms with van der Waals surface area (Å²) in [6.45, 7) is 0. The van der Waals surface area contributed by atoms with E-state index in [0.717, 1.165) is 10.7 Å². The first-order valence-corrected chi connectivity index (χ1v) is 11.6. The van der Waals surface area contributed by atoms with Crippen LogP contribution < -0.4 is 4.90 Å². The average molecular weight is 442 g/mol. The summed E-state index contributed by atoms with van der Waals surface area (Å²) < 4.78 is 0. The highest BCUT2D eigenvalue weighted by molar-refractivity contribution is 6.32. The van der Waals surface area contributed by atoms with E-state index in [4.69, 9.17) is 11.6 Å². The van der Waals surface area contributed by atoms with Gasteiger partial charge < -0.3 is 4.90 Å². The molecule has 0 unspecified atom stereocenters. The van der Waals surface area contributed by atoms with Crippen LogP contribution in [0.3, 0.4) is 0 Å². The molecule has 0 saturated carbocycles. The summed E-state index contributed by atoms with van der Waals surface area (Å²) in [4.78, 5) is 2.38. The van der Waals surface area contributed by atoms with Gasteiger partial charge in [-0.1, -0.05) is 103 Å². The van der Waals surface area contributed by atoms with Crippen molar-refractivity contribution in [3.8, 4) is 11.1 Å². The standard InChI is InChI=1S/C31H20ClN/c32-27-18-10-14-23-22-13-4-5-15-24(22)31(30(23)27)25-16-6-8-19-28(25)33(21-11-2-1-3-12-21)29-20-9-7-17-26(29)31/h1-20H. The Bertz CT molecular complexity index is 1490. The number of anilines is 3. The third-order valence-corrected chi connectivity index (χ3v) is 7.44. The van der Waals surface area contributed by atoms with Gasteiger partial charge in [-0.15, -0.1) is 0 Å². The summed E-state index contributed by atoms with van der Waals surface area (Å²) >= 11 is 7.06. The van der Waals surface area contributed by atoms with Gasteiger partial charge in [0, 0.05) is 10.7 Å². The van der Waals surface area contributed by atoms with E-state index >= 15 is 0 Å². The van der Waals surface area contributed by atoms with E-state index in [0.29, 0.717) is 0 Å². The Hall–Kier alpha value is -3.81. The monoisotopic (exact) mass is 441 g/mol. The van der Waals surface area contributed by atoms with Gasteiger partial charge in [-0.25, -0.2) is 0 Å². The van der Waals surface area contributed by atoms with Crippen molar-refractivity contribution in [2.24, 2.45) is 0 Å². The molecule has 5 aromatic rings. The minimum Gasteiger partial charge on any atom is -0.310 e. The molecule has 7 rings (SSSR count). The van der Waals surface area contributed by atoms with Gasteiger partial charge in [-0.3, -0.25) is 0 Å². The zero-order valence-electron chi connectivity index (χ0n) is 17.9. The summed E-state index contributed by atoms with van der Waals surface area (Å²) in [5.74, 6) is 0. The highest BCUT2D eigenvalue weighted by atomic mass is 35.5. The first-order chi connectivity index (χ1) is 16.3. The van der Waals surface area contributed by atoms with Crippen LogP contribution >= 0.6 is 11.6 Å². The summed E-state index contributed by atoms with van der Waals surface area (Å²) in [6.07, 6.45) is 0. The molecule has 1 aliphatic heterocycles. The number of hydrogen-bond acceptors (Lipinski definition) is 1. The number of rotatable bonds is 1. The molecule has 1 aliphatic carbocycles. The molecular formula is C31H20ClN. The molecule has 0 atom stereocenters. The smallest absolute Gasteiger partial charge is 0.0768 e. The molecular weight excluding hydrogens is 422 g/mol. The molecule has 0 N–H and O–H groups in total. The normalized spacial score (nSPS) is 14.4. The van der Waals surface area contributed by atoms with E-state index in [2.05, 4.69) is 120 Å². The van der Waals surface area contributed by atoms with Gasteiger partial charge in [0.05, 0.1) is 16.8 Å². The molecule has 33 heavy (non-hydrogen) atoms. The Morgan fingerprint density at radius 1 is 0.485 bits per heavy atom. The Morgan fingerprint density at radius 2 is 1.03 bits per heavy atom. The van der Waals surface area contributed by atoms with Crippen LogP contribution in [0.1, 0.15) is 22.3 Å². The van der Waals surface area contributed by atoms with E-state index in [1.807, 2.05) is 6.07 Å². The third kappa shape index (κ3) is 2.33. The maximum Gasteiger partial charge on any atom is 0.0768 e. The predicted molar refractivity (Wildman–Crippen MR) is 137 cm³/mol. The van der Waals surface area contributed by atoms with E-state index in [9.17, 15) is 0 Å². The molecule has 5 aromatic carbocycles. The molecule has 156 valence electrons. The molecule has 0 bridgehead atoms. The Kier molecular flexibility index (Phi) is 3.88. The highest BCUT2D eigenvalue weighted by Crippen LogP contribution is 2.64. The zero-order valence-corrected chi connectivity index (χ0v) is 18.6. The van der Waals surface area contributed by atoms with Crippen LogP contribution in [0.25, 0.3) is 11.1 Å². The number of nitrogens with zero attached hydrogens (tertiary/aromatic N) is 1. The van der Waals surface area contributed by atoms with Gasteiger partial charge in [0.25, 0.3) is 0 Å². The predicted octanol–water partition coefficient (Wildman–Crippen LogP) is 8.49. The van der Waals surface area contributed by atoms with Crippen molar-refractivity contribution >= 4 is 28.7 Å². The first kappa shape index (κ1) is 18.7. The summed E-state index contributed by atoms with van der Waals surface area (Å²) in [5.41, 5.74) is 10.5. The van der Waals surface area contributed by atoms with Gasteiger partial charge in [0.1, 0.15) is 0 Å². The maximum atomic E-state index is 7.06. The number of fused-ring (bicyclic) bond motifs is 9. The summed E-state index contributed by atoms with van der Waals surface area (Å²) in [7, 11) is 0. The Balaban J connectivity index is 1.69. The number of benzene rings is 5. The molecule has 1 heterocycles. The lowest BCUT2D eigenvalue weighted by atomic mass is 9.64. The molecule has 0 radical (unpaired) electrons. The van der Waals surface area contributed by atoms with Crippen molar-refractivity contribution in [1.82, 2.24) is 0 Å². The molecule has 2 heteroatoms. The molecule has 2 aliphatic rings. The van der Waals surface area contributed by atoms with Gasteiger partial charge in [0.2, 0.25) is 0 Å². The Labute approximate surface area is 198 Å². The lowest BCUT2D eigenvalue weighted by Gasteiger charge is -2.45. The number of para-hydroxylation sites is 3. The van der Waals surface area contributed by atoms with Crippen LogP contribution in [0.15, 0.2) is 121 Å². The lowest BCUT2D eigenvalue weighted by molar-refractivity contribution is 0.753. The van der Waals surface area contributed by atoms with Gasteiger partial charge >= 0.3 is 0 Å². The number of hydrogen-bond donors (Lipinski definition) is 0. The molecule has 1 spiro atoms. The van der Waals surface area contributed by atoms with E-state index in [1.165, 1.54) is 44.8 Å². The summed E-state index contributed by atoms with van der Waals surface area (Å²) in [5, 5.41) is 0.807. The minimum atomic E-state index is -0.470. The fourth-order valence-corrected chi connectivity index (χ4v) is 6.29. The van der Waals surface area contributed by atoms with Crippen molar-refractivity contribution in [2.45, 2.75) is 5.41 Å². The van der Waals surface area contributed by atoms with Crippen LogP contribution in [-0.2, 0) is 5.41 Å². The van der Waals surface area contributed by atoms with Crippen molar-refractivity contribution in [3.05, 3.63) is 149 Å². The second kappa shape index (κ2) is 6.84. The van der Waals surface area contributed by atoms with E-state index in [-0.39, 0.29) is 0 Å². The SMILES string of the molecule is Clc1cccc2c1C1(c3ccccc3-2)c2ccccc2N(c2ccccc2)c2ccccc21. The fourth-order valence-electron chi connectivity index (χ4n) is 5.97. The van der Waals surface area contributed by atoms with E-state index < -0.39 is 5.41 Å². The molecule has 0 aromatic heterocycles. The second-order valence-electron chi connectivity index (χ2n) is 8.66. The van der Waals surface area contributed by atoms with Crippen LogP contribution in [-0.4, -0.2) is 0 Å². The van der Waals surface area contributed by atoms with Crippen molar-refractivity contribution in [3.63, 3.8) is 0 Å². The topological polar surface area (TPSA) is 3.24 Å². The van der Waals surface area contributed by atoms with E-state index in [1.54, 1.807) is 0 Å². The third-order valence-electron chi connectivity index (χ3n) is 7.12. The maximum absolute atomic E-state index is 7.06. The fraction of sp³-hybridized carbons (Fsp3) is 0.0323. The van der Waals surface area contributed by atoms with Gasteiger partial charge in [-0.05, 0) is 63.7 Å². The average Bonchev–Trinajstić information content (AvgIpc) is 3.18. The van der Waals surface area contributed by atoms with Crippen LogP contribution in [0.4, 0.5) is 17.1 Å². The zero-order chi connectivity index (χ0) is 22.0. The highest BCUT2D eigenvalue weighted by Gasteiger charge is 2.52. The molecule has 0 saturated heterocycles. The summed E-state index contributed by atoms with van der Waals surface area (Å²) in [6, 6.07) is 43.3. The van der Waals surface area contributed by atoms with Crippen LogP contribution in [0.2, 0.25) is 5.02 Å². The Morgan fingerprint density at radius 3 is 1.73 bits per heavy atom. The van der Waals surface area contributed by atoms with Crippen molar-refractivity contribution in [2.75, 3.05) is 4.90 Å². The second-order valence-corrected chi connectivity index (χ2v) is 9.07. The first-order valence-electron chi connectivity index (χ1n) is 11.2. The molecule has 1 nitrogen and oxygen atoms in total.